The minimum absolute atomic E-state index is 0.186. The maximum Gasteiger partial charge on any atom is 0.150 e. The van der Waals surface area contributed by atoms with Gasteiger partial charge in [0, 0.05) is 43.5 Å². The Bertz CT molecular complexity index is 1440. The van der Waals surface area contributed by atoms with E-state index in [2.05, 4.69) is 54.0 Å². The highest BCUT2D eigenvalue weighted by Crippen LogP contribution is 2.45. The van der Waals surface area contributed by atoms with Crippen molar-refractivity contribution in [2.45, 2.75) is 64.6 Å². The van der Waals surface area contributed by atoms with E-state index in [0.717, 1.165) is 60.5 Å². The molecule has 0 radical (unpaired) electrons. The number of hydrogen-bond donors (Lipinski definition) is 0. The molecule has 0 bridgehead atoms. The molecule has 0 saturated carbocycles. The Morgan fingerprint density at radius 1 is 0.946 bits per heavy atom. The first-order valence-corrected chi connectivity index (χ1v) is 14.6. The van der Waals surface area contributed by atoms with Crippen LogP contribution in [0.3, 0.4) is 0 Å². The van der Waals surface area contributed by atoms with Crippen molar-refractivity contribution >= 4 is 43.4 Å². The molecule has 1 aromatic carbocycles. The van der Waals surface area contributed by atoms with E-state index in [1.54, 1.807) is 17.7 Å². The molecule has 4 aromatic rings. The number of hydrogen-bond acceptors (Lipinski definition) is 7. The monoisotopic (exact) mass is 513 g/mol. The quantitative estimate of drug-likeness (QED) is 0.326. The fraction of sp³-hybridized carbons (Fsp3) is 0.500. The second kappa shape index (κ2) is 9.21. The number of ether oxygens (including phenoxy) is 1. The lowest BCUT2D eigenvalue weighted by Gasteiger charge is -2.34. The first kappa shape index (κ1) is 23.4. The van der Waals surface area contributed by atoms with Crippen LogP contribution in [0, 0.1) is 5.92 Å². The van der Waals surface area contributed by atoms with Crippen LogP contribution < -0.4 is 9.80 Å². The van der Waals surface area contributed by atoms with Gasteiger partial charge in [0.15, 0.2) is 0 Å². The summed E-state index contributed by atoms with van der Waals surface area (Å²) < 4.78 is 7.49. The lowest BCUT2D eigenvalue weighted by molar-refractivity contribution is -0.0395. The predicted molar refractivity (Wildman–Crippen MR) is 152 cm³/mol. The van der Waals surface area contributed by atoms with Crippen molar-refractivity contribution in [3.63, 3.8) is 0 Å². The standard InChI is InChI=1S/C30H35N5OS/c1-30(2)17-22-23(18-36-30)27(34-12-6-7-13-34)33-29-24(22)25-26(37-29)28(32-19-31-25)35-14-10-21(11-15-35)16-20-8-4-3-5-9-20/h3-5,8-9,19,21H,6-7,10-18H2,1-2H3. The number of rotatable bonds is 4. The summed E-state index contributed by atoms with van der Waals surface area (Å²) in [7, 11) is 0. The fourth-order valence-corrected chi connectivity index (χ4v) is 7.66. The second-order valence-corrected chi connectivity index (χ2v) is 12.6. The summed E-state index contributed by atoms with van der Waals surface area (Å²) in [6.45, 7) is 9.29. The van der Waals surface area contributed by atoms with Crippen LogP contribution >= 0.6 is 11.3 Å². The third kappa shape index (κ3) is 4.26. The molecule has 37 heavy (non-hydrogen) atoms. The molecule has 3 aliphatic rings. The largest absolute Gasteiger partial charge is 0.370 e. The average molecular weight is 514 g/mol. The molecule has 3 aromatic heterocycles. The number of nitrogens with zero attached hydrogens (tertiary/aromatic N) is 5. The molecular weight excluding hydrogens is 478 g/mol. The zero-order chi connectivity index (χ0) is 25.0. The van der Waals surface area contributed by atoms with Crippen molar-refractivity contribution in [3.05, 3.63) is 53.3 Å². The van der Waals surface area contributed by atoms with E-state index in [9.17, 15) is 0 Å². The Morgan fingerprint density at radius 3 is 2.49 bits per heavy atom. The van der Waals surface area contributed by atoms with Crippen LogP contribution in [0.5, 0.6) is 0 Å². The normalized spacial score (nSPS) is 20.2. The molecule has 0 spiro atoms. The van der Waals surface area contributed by atoms with Crippen LogP contribution in [-0.2, 0) is 24.2 Å². The van der Waals surface area contributed by atoms with Gasteiger partial charge in [-0.3, -0.25) is 0 Å². The fourth-order valence-electron chi connectivity index (χ4n) is 6.49. The minimum Gasteiger partial charge on any atom is -0.370 e. The van der Waals surface area contributed by atoms with E-state index < -0.39 is 0 Å². The summed E-state index contributed by atoms with van der Waals surface area (Å²) in [6, 6.07) is 10.9. The average Bonchev–Trinajstić information content (AvgIpc) is 3.57. The highest BCUT2D eigenvalue weighted by molar-refractivity contribution is 7.26. The second-order valence-electron chi connectivity index (χ2n) is 11.6. The van der Waals surface area contributed by atoms with E-state index in [1.165, 1.54) is 58.9 Å². The zero-order valence-electron chi connectivity index (χ0n) is 21.9. The van der Waals surface area contributed by atoms with Crippen molar-refractivity contribution in [2.24, 2.45) is 5.92 Å². The van der Waals surface area contributed by atoms with Gasteiger partial charge in [0.25, 0.3) is 0 Å². The van der Waals surface area contributed by atoms with Crippen LogP contribution in [0.4, 0.5) is 11.6 Å². The number of aromatic nitrogens is 3. The maximum atomic E-state index is 6.30. The van der Waals surface area contributed by atoms with Gasteiger partial charge in [0.05, 0.1) is 22.4 Å². The lowest BCUT2D eigenvalue weighted by Crippen LogP contribution is -2.35. The molecule has 7 heteroatoms. The van der Waals surface area contributed by atoms with Gasteiger partial charge >= 0.3 is 0 Å². The minimum atomic E-state index is -0.186. The van der Waals surface area contributed by atoms with Gasteiger partial charge in [-0.25, -0.2) is 15.0 Å². The molecule has 6 nitrogen and oxygen atoms in total. The molecule has 2 fully saturated rings. The third-order valence-corrected chi connectivity index (χ3v) is 9.54. The molecule has 3 aliphatic heterocycles. The Morgan fingerprint density at radius 2 is 1.70 bits per heavy atom. The number of piperidine rings is 1. The highest BCUT2D eigenvalue weighted by Gasteiger charge is 2.34. The third-order valence-electron chi connectivity index (χ3n) is 8.47. The molecular formula is C30H35N5OS. The van der Waals surface area contributed by atoms with Crippen molar-refractivity contribution < 1.29 is 4.74 Å². The van der Waals surface area contributed by atoms with Crippen LogP contribution in [0.15, 0.2) is 36.7 Å². The number of fused-ring (bicyclic) bond motifs is 5. The molecule has 192 valence electrons. The van der Waals surface area contributed by atoms with Crippen molar-refractivity contribution in [3.8, 4) is 0 Å². The zero-order valence-corrected chi connectivity index (χ0v) is 22.7. The highest BCUT2D eigenvalue weighted by atomic mass is 32.1. The van der Waals surface area contributed by atoms with E-state index in [4.69, 9.17) is 19.7 Å². The number of anilines is 2. The van der Waals surface area contributed by atoms with Gasteiger partial charge in [-0.2, -0.15) is 0 Å². The molecule has 0 unspecified atom stereocenters. The smallest absolute Gasteiger partial charge is 0.150 e. The van der Waals surface area contributed by atoms with E-state index in [-0.39, 0.29) is 5.60 Å². The lowest BCUT2D eigenvalue weighted by atomic mass is 9.89. The van der Waals surface area contributed by atoms with Crippen LogP contribution in [0.1, 0.15) is 56.2 Å². The first-order valence-electron chi connectivity index (χ1n) is 13.8. The SMILES string of the molecule is CC1(C)Cc2c(c(N3CCCC3)nc3sc4c(N5CCC(Cc6ccccc6)CC5)ncnc4c23)CO1. The number of pyridine rings is 1. The van der Waals surface area contributed by atoms with Crippen LogP contribution in [-0.4, -0.2) is 46.7 Å². The van der Waals surface area contributed by atoms with Crippen molar-refractivity contribution in [2.75, 3.05) is 36.0 Å². The topological polar surface area (TPSA) is 54.4 Å². The van der Waals surface area contributed by atoms with Gasteiger partial charge in [-0.15, -0.1) is 11.3 Å². The molecule has 2 saturated heterocycles. The van der Waals surface area contributed by atoms with E-state index in [0.29, 0.717) is 6.61 Å². The van der Waals surface area contributed by atoms with Gasteiger partial charge in [0.1, 0.15) is 22.8 Å². The summed E-state index contributed by atoms with van der Waals surface area (Å²) in [5.74, 6) is 2.96. The van der Waals surface area contributed by atoms with Crippen LogP contribution in [0.25, 0.3) is 20.4 Å². The molecule has 0 N–H and O–H groups in total. The molecule has 0 atom stereocenters. The first-order chi connectivity index (χ1) is 18.1. The Balaban J connectivity index is 1.26. The molecule has 6 heterocycles. The molecule has 7 rings (SSSR count). The Labute approximate surface area is 222 Å². The summed E-state index contributed by atoms with van der Waals surface area (Å²) in [6.07, 6.45) is 8.70. The van der Waals surface area contributed by atoms with Gasteiger partial charge in [-0.05, 0) is 63.0 Å². The van der Waals surface area contributed by atoms with Crippen LogP contribution in [0.2, 0.25) is 0 Å². The predicted octanol–water partition coefficient (Wildman–Crippen LogP) is 6.15. The van der Waals surface area contributed by atoms with Crippen molar-refractivity contribution in [1.29, 1.82) is 0 Å². The number of benzene rings is 1. The van der Waals surface area contributed by atoms with E-state index >= 15 is 0 Å². The Kier molecular flexibility index (Phi) is 5.81. The van der Waals surface area contributed by atoms with Gasteiger partial charge < -0.3 is 14.5 Å². The van der Waals surface area contributed by atoms with E-state index in [1.807, 2.05) is 0 Å². The maximum absolute atomic E-state index is 6.30. The summed E-state index contributed by atoms with van der Waals surface area (Å²) in [5.41, 5.74) is 5.00. The molecule has 0 aliphatic carbocycles. The molecule has 0 amide bonds. The van der Waals surface area contributed by atoms with Gasteiger partial charge in [0.2, 0.25) is 0 Å². The summed E-state index contributed by atoms with van der Waals surface area (Å²) in [5, 5.41) is 1.23. The summed E-state index contributed by atoms with van der Waals surface area (Å²) >= 11 is 1.79. The van der Waals surface area contributed by atoms with Gasteiger partial charge in [-0.1, -0.05) is 30.3 Å². The number of thiophene rings is 1. The summed E-state index contributed by atoms with van der Waals surface area (Å²) in [4.78, 5) is 21.0. The van der Waals surface area contributed by atoms with Crippen molar-refractivity contribution in [1.82, 2.24) is 15.0 Å². The Hall–Kier alpha value is -2.77.